The lowest BCUT2D eigenvalue weighted by atomic mass is 9.78. The van der Waals surface area contributed by atoms with Crippen molar-refractivity contribution in [3.8, 4) is 0 Å². The van der Waals surface area contributed by atoms with Gasteiger partial charge in [-0.1, -0.05) is 37.0 Å². The van der Waals surface area contributed by atoms with E-state index in [1.54, 1.807) is 0 Å². The van der Waals surface area contributed by atoms with Crippen LogP contribution in [0.5, 0.6) is 0 Å². The molecule has 0 amide bonds. The van der Waals surface area contributed by atoms with E-state index in [1.807, 2.05) is 32.0 Å². The first kappa shape index (κ1) is 13.3. The lowest BCUT2D eigenvalue weighted by Gasteiger charge is -2.33. The Balaban J connectivity index is 2.14. The first-order valence-corrected chi connectivity index (χ1v) is 6.90. The second kappa shape index (κ2) is 5.23. The molecule has 2 rings (SSSR count). The number of ketones is 1. The minimum absolute atomic E-state index is 0.209. The van der Waals surface area contributed by atoms with Crippen LogP contribution in [0.15, 0.2) is 18.2 Å². The molecule has 18 heavy (non-hydrogen) atoms. The molecule has 0 aromatic heterocycles. The average Bonchev–Trinajstić information content (AvgIpc) is 2.32. The predicted molar refractivity (Wildman–Crippen MR) is 74.9 cm³/mol. The Morgan fingerprint density at radius 1 is 1.22 bits per heavy atom. The van der Waals surface area contributed by atoms with Gasteiger partial charge in [0.2, 0.25) is 0 Å². The number of nitrogens with two attached hydrogens (primary N) is 1. The smallest absolute Gasteiger partial charge is 0.164 e. The first-order chi connectivity index (χ1) is 8.50. The Labute approximate surface area is 110 Å². The van der Waals surface area contributed by atoms with Crippen molar-refractivity contribution in [1.82, 2.24) is 0 Å². The van der Waals surface area contributed by atoms with E-state index in [-0.39, 0.29) is 11.3 Å². The summed E-state index contributed by atoms with van der Waals surface area (Å²) in [6, 6.07) is 6.06. The molecule has 2 nitrogen and oxygen atoms in total. The van der Waals surface area contributed by atoms with Gasteiger partial charge in [-0.15, -0.1) is 0 Å². The van der Waals surface area contributed by atoms with Gasteiger partial charge >= 0.3 is 0 Å². The third kappa shape index (κ3) is 2.99. The Bertz CT molecular complexity index is 444. The zero-order chi connectivity index (χ0) is 13.2. The molecule has 0 saturated heterocycles. The van der Waals surface area contributed by atoms with E-state index in [0.717, 1.165) is 42.4 Å². The average molecular weight is 245 g/mol. The number of carbonyl (C=O) groups excluding carboxylic acids is 1. The second-order valence-electron chi connectivity index (χ2n) is 5.84. The number of aryl methyl sites for hydroxylation is 2. The summed E-state index contributed by atoms with van der Waals surface area (Å²) in [5.41, 5.74) is 9.16. The molecular formula is C16H23NO. The van der Waals surface area contributed by atoms with Crippen molar-refractivity contribution in [2.45, 2.75) is 57.9 Å². The second-order valence-corrected chi connectivity index (χ2v) is 5.84. The summed E-state index contributed by atoms with van der Waals surface area (Å²) in [6.07, 6.45) is 6.06. The number of carbonyl (C=O) groups is 1. The topological polar surface area (TPSA) is 43.1 Å². The van der Waals surface area contributed by atoms with E-state index in [0.29, 0.717) is 6.42 Å². The van der Waals surface area contributed by atoms with Crippen LogP contribution in [0.2, 0.25) is 0 Å². The molecule has 1 saturated carbocycles. The molecule has 0 heterocycles. The summed E-state index contributed by atoms with van der Waals surface area (Å²) in [5.74, 6) is 0.209. The van der Waals surface area contributed by atoms with Gasteiger partial charge in [-0.05, 0) is 38.3 Å². The van der Waals surface area contributed by atoms with Crippen molar-refractivity contribution in [3.05, 3.63) is 34.9 Å². The third-order valence-electron chi connectivity index (χ3n) is 4.06. The van der Waals surface area contributed by atoms with E-state index in [4.69, 9.17) is 5.73 Å². The van der Waals surface area contributed by atoms with Crippen LogP contribution in [-0.2, 0) is 0 Å². The van der Waals surface area contributed by atoms with E-state index in [1.165, 1.54) is 6.42 Å². The van der Waals surface area contributed by atoms with Gasteiger partial charge in [0.1, 0.15) is 0 Å². The summed E-state index contributed by atoms with van der Waals surface area (Å²) < 4.78 is 0. The van der Waals surface area contributed by atoms with Gasteiger partial charge in [-0.3, -0.25) is 4.79 Å². The maximum atomic E-state index is 12.4. The molecular weight excluding hydrogens is 222 g/mol. The van der Waals surface area contributed by atoms with Gasteiger partial charge in [-0.25, -0.2) is 0 Å². The van der Waals surface area contributed by atoms with Crippen molar-refractivity contribution >= 4 is 5.78 Å². The molecule has 0 unspecified atom stereocenters. The van der Waals surface area contributed by atoms with Crippen molar-refractivity contribution in [1.29, 1.82) is 0 Å². The van der Waals surface area contributed by atoms with Crippen molar-refractivity contribution in [3.63, 3.8) is 0 Å². The van der Waals surface area contributed by atoms with Crippen LogP contribution in [0.25, 0.3) is 0 Å². The number of rotatable bonds is 3. The molecule has 0 aliphatic heterocycles. The van der Waals surface area contributed by atoms with Crippen LogP contribution < -0.4 is 5.73 Å². The lowest BCUT2D eigenvalue weighted by molar-refractivity contribution is 0.0934. The zero-order valence-electron chi connectivity index (χ0n) is 11.5. The number of Topliss-reactive ketones (excluding diaryl/α,β-unsaturated/α-hetero) is 1. The summed E-state index contributed by atoms with van der Waals surface area (Å²) in [4.78, 5) is 12.4. The molecule has 0 bridgehead atoms. The molecule has 1 aromatic rings. The zero-order valence-corrected chi connectivity index (χ0v) is 11.5. The maximum Gasteiger partial charge on any atom is 0.164 e. The van der Waals surface area contributed by atoms with Gasteiger partial charge in [0.05, 0.1) is 0 Å². The van der Waals surface area contributed by atoms with Crippen LogP contribution in [0.1, 0.15) is 60.0 Å². The van der Waals surface area contributed by atoms with Crippen molar-refractivity contribution in [2.24, 2.45) is 5.73 Å². The molecule has 2 heteroatoms. The fourth-order valence-corrected chi connectivity index (χ4v) is 2.88. The van der Waals surface area contributed by atoms with E-state index in [2.05, 4.69) is 0 Å². The minimum atomic E-state index is -0.258. The Morgan fingerprint density at radius 3 is 2.56 bits per heavy atom. The SMILES string of the molecule is Cc1ccc(C)c(C(=O)CC2(N)CCCCC2)c1. The van der Waals surface area contributed by atoms with E-state index >= 15 is 0 Å². The third-order valence-corrected chi connectivity index (χ3v) is 4.06. The lowest BCUT2D eigenvalue weighted by Crippen LogP contribution is -2.43. The fourth-order valence-electron chi connectivity index (χ4n) is 2.88. The molecule has 1 fully saturated rings. The van der Waals surface area contributed by atoms with E-state index in [9.17, 15) is 4.79 Å². The number of benzene rings is 1. The number of hydrogen-bond donors (Lipinski definition) is 1. The molecule has 0 radical (unpaired) electrons. The normalized spacial score (nSPS) is 18.6. The summed E-state index contributed by atoms with van der Waals surface area (Å²) in [7, 11) is 0. The highest BCUT2D eigenvalue weighted by atomic mass is 16.1. The molecule has 1 aliphatic carbocycles. The highest BCUT2D eigenvalue weighted by molar-refractivity contribution is 5.98. The maximum absolute atomic E-state index is 12.4. The van der Waals surface area contributed by atoms with Crippen LogP contribution in [-0.4, -0.2) is 11.3 Å². The largest absolute Gasteiger partial charge is 0.325 e. The van der Waals surface area contributed by atoms with Crippen LogP contribution in [0, 0.1) is 13.8 Å². The van der Waals surface area contributed by atoms with Crippen molar-refractivity contribution in [2.75, 3.05) is 0 Å². The Morgan fingerprint density at radius 2 is 1.89 bits per heavy atom. The van der Waals surface area contributed by atoms with Crippen molar-refractivity contribution < 1.29 is 4.79 Å². The van der Waals surface area contributed by atoms with Crippen LogP contribution in [0.3, 0.4) is 0 Å². The standard InChI is InChI=1S/C16H23NO/c1-12-6-7-13(2)14(10-12)15(18)11-16(17)8-4-3-5-9-16/h6-7,10H,3-5,8-9,11,17H2,1-2H3. The Hall–Kier alpha value is -1.15. The monoisotopic (exact) mass is 245 g/mol. The molecule has 98 valence electrons. The highest BCUT2D eigenvalue weighted by Gasteiger charge is 2.30. The molecule has 0 atom stereocenters. The highest BCUT2D eigenvalue weighted by Crippen LogP contribution is 2.30. The molecule has 1 aromatic carbocycles. The van der Waals surface area contributed by atoms with E-state index < -0.39 is 0 Å². The van der Waals surface area contributed by atoms with Gasteiger partial charge in [-0.2, -0.15) is 0 Å². The van der Waals surface area contributed by atoms with Gasteiger partial charge in [0.15, 0.2) is 5.78 Å². The number of hydrogen-bond acceptors (Lipinski definition) is 2. The minimum Gasteiger partial charge on any atom is -0.325 e. The molecule has 2 N–H and O–H groups in total. The Kier molecular flexibility index (Phi) is 3.86. The van der Waals surface area contributed by atoms with Crippen LogP contribution >= 0.6 is 0 Å². The van der Waals surface area contributed by atoms with Gasteiger partial charge in [0, 0.05) is 17.5 Å². The summed E-state index contributed by atoms with van der Waals surface area (Å²) in [5, 5.41) is 0. The quantitative estimate of drug-likeness (QED) is 0.828. The molecule has 1 aliphatic rings. The van der Waals surface area contributed by atoms with Gasteiger partial charge in [0.25, 0.3) is 0 Å². The predicted octanol–water partition coefficient (Wildman–Crippen LogP) is 3.54. The summed E-state index contributed by atoms with van der Waals surface area (Å²) >= 11 is 0. The molecule has 0 spiro atoms. The van der Waals surface area contributed by atoms with Gasteiger partial charge < -0.3 is 5.73 Å². The van der Waals surface area contributed by atoms with Crippen LogP contribution in [0.4, 0.5) is 0 Å². The fraction of sp³-hybridized carbons (Fsp3) is 0.562. The summed E-state index contributed by atoms with van der Waals surface area (Å²) in [6.45, 7) is 4.02. The first-order valence-electron chi connectivity index (χ1n) is 6.90.